The summed E-state index contributed by atoms with van der Waals surface area (Å²) in [7, 11) is 0. The largest absolute Gasteiger partial charge is 0.394 e. The van der Waals surface area contributed by atoms with Gasteiger partial charge in [0, 0.05) is 47.8 Å². The maximum absolute atomic E-state index is 14.6. The van der Waals surface area contributed by atoms with E-state index in [1.165, 1.54) is 0 Å². The highest BCUT2D eigenvalue weighted by atomic mass is 127. The number of unbranched alkanes of at least 4 members (excludes halogenated alkanes) is 1. The Morgan fingerprint density at radius 1 is 1.00 bits per heavy atom. The van der Waals surface area contributed by atoms with E-state index < -0.39 is 11.9 Å². The molecule has 0 fully saturated rings. The Bertz CT molecular complexity index is 1950. The molecule has 0 unspecified atom stereocenters. The van der Waals surface area contributed by atoms with Crippen LogP contribution in [0.3, 0.4) is 0 Å². The highest BCUT2D eigenvalue weighted by molar-refractivity contribution is 14.1. The summed E-state index contributed by atoms with van der Waals surface area (Å²) in [5, 5.41) is 18.0. The molecule has 1 atom stereocenters. The Morgan fingerprint density at radius 3 is 2.53 bits per heavy atom. The number of halogens is 1. The zero-order valence-corrected chi connectivity index (χ0v) is 29.8. The van der Waals surface area contributed by atoms with E-state index in [1.807, 2.05) is 60.5 Å². The minimum Gasteiger partial charge on any atom is -0.394 e. The van der Waals surface area contributed by atoms with Crippen molar-refractivity contribution in [2.24, 2.45) is 0 Å². The van der Waals surface area contributed by atoms with Crippen molar-refractivity contribution in [2.75, 3.05) is 29.4 Å². The summed E-state index contributed by atoms with van der Waals surface area (Å²) in [4.78, 5) is 49.5. The number of nitrogens with one attached hydrogen (secondary N) is 1. The molecule has 0 saturated carbocycles. The molecule has 0 saturated heterocycles. The van der Waals surface area contributed by atoms with Gasteiger partial charge in [0.25, 0.3) is 17.7 Å². The molecule has 3 amide bonds. The number of alkyl halides is 1. The molecule has 0 spiro atoms. The Morgan fingerprint density at radius 2 is 1.78 bits per heavy atom. The van der Waals surface area contributed by atoms with E-state index in [9.17, 15) is 19.5 Å². The molecule has 11 nitrogen and oxygen atoms in total. The quantitative estimate of drug-likeness (QED) is 0.124. The molecule has 5 aromatic rings. The number of amides is 3. The Balaban J connectivity index is 1.37. The predicted molar refractivity (Wildman–Crippen MR) is 197 cm³/mol. The number of hydrogen-bond donors (Lipinski definition) is 2. The van der Waals surface area contributed by atoms with Crippen LogP contribution in [-0.2, 0) is 13.0 Å². The van der Waals surface area contributed by atoms with E-state index in [1.54, 1.807) is 44.4 Å². The summed E-state index contributed by atoms with van der Waals surface area (Å²) in [6, 6.07) is 19.8. The molecular weight excluding hydrogens is 733 g/mol. The molecule has 2 N–H and O–H groups in total. The Hall–Kier alpha value is -4.56. The Kier molecular flexibility index (Phi) is 10.7. The van der Waals surface area contributed by atoms with Crippen molar-refractivity contribution >= 4 is 51.6 Å². The number of aromatic nitrogens is 4. The second-order valence-corrected chi connectivity index (χ2v) is 13.4. The average molecular weight is 774 g/mol. The first-order valence-corrected chi connectivity index (χ1v) is 18.1. The minimum atomic E-state index is -0.438. The summed E-state index contributed by atoms with van der Waals surface area (Å²) in [5.74, 6) is -0.879. The minimum absolute atomic E-state index is 0.141. The van der Waals surface area contributed by atoms with Crippen molar-refractivity contribution in [3.63, 3.8) is 0 Å². The van der Waals surface area contributed by atoms with Gasteiger partial charge in [0.05, 0.1) is 23.9 Å². The van der Waals surface area contributed by atoms with Gasteiger partial charge in [-0.15, -0.1) is 0 Å². The first-order chi connectivity index (χ1) is 23.8. The van der Waals surface area contributed by atoms with Crippen molar-refractivity contribution in [1.82, 2.24) is 29.0 Å². The van der Waals surface area contributed by atoms with Crippen LogP contribution in [-0.4, -0.2) is 82.0 Å². The van der Waals surface area contributed by atoms with Crippen LogP contribution in [0.15, 0.2) is 79.1 Å². The van der Waals surface area contributed by atoms with Crippen LogP contribution in [0.1, 0.15) is 74.3 Å². The Labute approximate surface area is 299 Å². The van der Waals surface area contributed by atoms with Gasteiger partial charge in [-0.1, -0.05) is 66.3 Å². The molecule has 49 heavy (non-hydrogen) atoms. The third-order valence-electron chi connectivity index (χ3n) is 8.87. The average Bonchev–Trinajstić information content (AvgIpc) is 3.74. The maximum atomic E-state index is 14.6. The number of imidazole rings is 1. The van der Waals surface area contributed by atoms with Crippen LogP contribution in [0.4, 0.5) is 5.69 Å². The molecular formula is C37H40IN7O4. The predicted octanol–water partition coefficient (Wildman–Crippen LogP) is 5.71. The molecule has 0 radical (unpaired) electrons. The zero-order chi connectivity index (χ0) is 34.5. The van der Waals surface area contributed by atoms with Crippen LogP contribution in [0.2, 0.25) is 0 Å². The lowest BCUT2D eigenvalue weighted by molar-refractivity contribution is 0.0544. The summed E-state index contributed by atoms with van der Waals surface area (Å²) in [6.45, 7) is 5.38. The van der Waals surface area contributed by atoms with Gasteiger partial charge in [0.1, 0.15) is 11.3 Å². The smallest absolute Gasteiger partial charge is 0.275 e. The molecule has 2 aromatic carbocycles. The second-order valence-electron chi connectivity index (χ2n) is 12.3. The fourth-order valence-electron chi connectivity index (χ4n) is 6.25. The van der Waals surface area contributed by atoms with Crippen LogP contribution in [0.25, 0.3) is 11.3 Å². The lowest BCUT2D eigenvalue weighted by Gasteiger charge is -2.36. The highest BCUT2D eigenvalue weighted by Gasteiger charge is 2.32. The number of benzene rings is 2. The third kappa shape index (κ3) is 7.39. The SMILES string of the molecule is CCCCN(CCCI)C(=O)c1cc(C)n(-c2ccc(NC(=O)c3cn4ccccc4n3)cc2C(=O)N2Cc3ccccc3C[C@H]2CO)n1. The lowest BCUT2D eigenvalue weighted by Crippen LogP contribution is -2.46. The monoisotopic (exact) mass is 773 g/mol. The van der Waals surface area contributed by atoms with Crippen molar-refractivity contribution in [1.29, 1.82) is 0 Å². The summed E-state index contributed by atoms with van der Waals surface area (Å²) in [6.07, 6.45) is 6.75. The van der Waals surface area contributed by atoms with E-state index in [4.69, 9.17) is 5.10 Å². The fraction of sp³-hybridized carbons (Fsp3) is 0.324. The maximum Gasteiger partial charge on any atom is 0.275 e. The zero-order valence-electron chi connectivity index (χ0n) is 27.7. The number of hydrogen-bond acceptors (Lipinski definition) is 6. The van der Waals surface area contributed by atoms with Crippen molar-refractivity contribution in [3.05, 3.63) is 113 Å². The van der Waals surface area contributed by atoms with Gasteiger partial charge in [-0.3, -0.25) is 14.4 Å². The first-order valence-electron chi connectivity index (χ1n) is 16.6. The van der Waals surface area contributed by atoms with E-state index in [0.29, 0.717) is 54.5 Å². The van der Waals surface area contributed by atoms with Crippen molar-refractivity contribution < 1.29 is 19.5 Å². The fourth-order valence-corrected chi connectivity index (χ4v) is 6.59. The normalized spacial score (nSPS) is 14.1. The van der Waals surface area contributed by atoms with Crippen LogP contribution < -0.4 is 5.32 Å². The number of pyridine rings is 1. The van der Waals surface area contributed by atoms with Gasteiger partial charge >= 0.3 is 0 Å². The summed E-state index contributed by atoms with van der Waals surface area (Å²) >= 11 is 2.32. The van der Waals surface area contributed by atoms with Crippen molar-refractivity contribution in [3.8, 4) is 5.69 Å². The molecule has 12 heteroatoms. The van der Waals surface area contributed by atoms with Crippen LogP contribution >= 0.6 is 22.6 Å². The van der Waals surface area contributed by atoms with Gasteiger partial charge in [-0.25, -0.2) is 9.67 Å². The number of fused-ring (bicyclic) bond motifs is 2. The van der Waals surface area contributed by atoms with Crippen LogP contribution in [0.5, 0.6) is 0 Å². The number of aryl methyl sites for hydroxylation is 1. The molecule has 3 aromatic heterocycles. The third-order valence-corrected chi connectivity index (χ3v) is 9.64. The topological polar surface area (TPSA) is 125 Å². The second kappa shape index (κ2) is 15.3. The number of aliphatic hydroxyl groups excluding tert-OH is 1. The molecule has 4 heterocycles. The number of rotatable bonds is 12. The molecule has 1 aliphatic heterocycles. The van der Waals surface area contributed by atoms with E-state index in [-0.39, 0.29) is 29.7 Å². The standard InChI is InChI=1S/C37H40IN7O4/c1-3-4-16-42(18-9-15-38)37(49)31-19-25(2)45(41-31)33-14-13-28(39-35(47)32-23-43-17-8-7-12-34(43)40-32)21-30(33)36(48)44-22-27-11-6-5-10-26(27)20-29(44)24-46/h5-8,10-14,17,19,21,23,29,46H,3-4,9,15-16,18,20,22,24H2,1-2H3,(H,39,47)/t29-/m0/s1. The molecule has 6 rings (SSSR count). The number of carbonyl (C=O) groups is 3. The van der Waals surface area contributed by atoms with E-state index in [2.05, 4.69) is 39.8 Å². The first kappa shape index (κ1) is 34.3. The lowest BCUT2D eigenvalue weighted by atomic mass is 9.93. The molecule has 254 valence electrons. The van der Waals surface area contributed by atoms with Gasteiger partial charge < -0.3 is 24.6 Å². The van der Waals surface area contributed by atoms with E-state index in [0.717, 1.165) is 34.8 Å². The highest BCUT2D eigenvalue weighted by Crippen LogP contribution is 2.29. The summed E-state index contributed by atoms with van der Waals surface area (Å²) < 4.78 is 4.33. The number of nitrogens with zero attached hydrogens (tertiary/aromatic N) is 6. The van der Waals surface area contributed by atoms with Crippen molar-refractivity contribution in [2.45, 2.75) is 52.1 Å². The molecule has 0 bridgehead atoms. The van der Waals surface area contributed by atoms with E-state index >= 15 is 0 Å². The van der Waals surface area contributed by atoms with Gasteiger partial charge in [0.15, 0.2) is 5.69 Å². The number of anilines is 1. The van der Waals surface area contributed by atoms with Crippen LogP contribution in [0, 0.1) is 6.92 Å². The molecule has 1 aliphatic rings. The molecule has 0 aliphatic carbocycles. The van der Waals surface area contributed by atoms with Gasteiger partial charge in [-0.05, 0) is 73.7 Å². The van der Waals surface area contributed by atoms with Gasteiger partial charge in [-0.2, -0.15) is 5.10 Å². The number of carbonyl (C=O) groups excluding carboxylic acids is 3. The summed E-state index contributed by atoms with van der Waals surface area (Å²) in [5.41, 5.74) is 5.13. The number of aliphatic hydroxyl groups is 1. The van der Waals surface area contributed by atoms with Gasteiger partial charge in [0.2, 0.25) is 0 Å².